The van der Waals surface area contributed by atoms with Gasteiger partial charge in [-0.3, -0.25) is 14.9 Å². The van der Waals surface area contributed by atoms with Crippen LogP contribution < -0.4 is 14.9 Å². The second-order valence-electron chi connectivity index (χ2n) is 7.40. The Morgan fingerprint density at radius 1 is 1.22 bits per heavy atom. The summed E-state index contributed by atoms with van der Waals surface area (Å²) in [6.45, 7) is 6.68. The van der Waals surface area contributed by atoms with Gasteiger partial charge in [0.25, 0.3) is 5.69 Å². The van der Waals surface area contributed by atoms with E-state index in [4.69, 9.17) is 4.18 Å². The predicted molar refractivity (Wildman–Crippen MR) is 125 cm³/mol. The zero-order chi connectivity index (χ0) is 23.6. The molecule has 0 atom stereocenters. The van der Waals surface area contributed by atoms with Crippen LogP contribution in [0.4, 0.5) is 11.4 Å². The smallest absolute Gasteiger partial charge is 0.306 e. The summed E-state index contributed by atoms with van der Waals surface area (Å²) >= 11 is 0. The highest BCUT2D eigenvalue weighted by Gasteiger charge is 2.27. The first-order valence-corrected chi connectivity index (χ1v) is 12.0. The molecule has 11 heteroatoms. The Morgan fingerprint density at radius 2 is 1.88 bits per heavy atom. The molecule has 2 aromatic carbocycles. The highest BCUT2D eigenvalue weighted by molar-refractivity contribution is 7.86. The maximum atomic E-state index is 13.5. The van der Waals surface area contributed by atoms with Gasteiger partial charge in [0, 0.05) is 25.5 Å². The summed E-state index contributed by atoms with van der Waals surface area (Å²) in [4.78, 5) is 26.9. The number of nitrogens with zero attached hydrogens (tertiary/aromatic N) is 3. The van der Waals surface area contributed by atoms with E-state index >= 15 is 0 Å². The first-order valence-electron chi connectivity index (χ1n) is 10.2. The van der Waals surface area contributed by atoms with Gasteiger partial charge in [-0.25, -0.2) is 0 Å². The van der Waals surface area contributed by atoms with Gasteiger partial charge in [0.1, 0.15) is 5.52 Å². The molecule has 10 nitrogen and oxygen atoms in total. The molecule has 3 aromatic rings. The normalized spacial score (nSPS) is 11.9. The molecule has 0 fully saturated rings. The number of pyridine rings is 1. The standard InChI is InChI=1S/C21H26N4O6S/c1-5-24(6-2)12-11-22-19-17(31-32(4,29)30)13-16(25(27)28)20-18(19)21(26)14-9-7-8-10-15(14)23(20)3/h7-10,13,22H,5-6,11-12H2,1-4H3. The number of nitro groups is 1. The first-order chi connectivity index (χ1) is 15.1. The van der Waals surface area contributed by atoms with Crippen LogP contribution in [0.5, 0.6) is 5.75 Å². The van der Waals surface area contributed by atoms with Gasteiger partial charge in [0.05, 0.1) is 33.8 Å². The fourth-order valence-corrected chi connectivity index (χ4v) is 4.29. The molecule has 0 saturated heterocycles. The average Bonchev–Trinajstić information content (AvgIpc) is 2.74. The number of hydrogen-bond donors (Lipinski definition) is 1. The van der Waals surface area contributed by atoms with Crippen LogP contribution in [0, 0.1) is 10.1 Å². The lowest BCUT2D eigenvalue weighted by Crippen LogP contribution is -2.29. The van der Waals surface area contributed by atoms with Crippen LogP contribution in [0.1, 0.15) is 13.8 Å². The van der Waals surface area contributed by atoms with Crippen molar-refractivity contribution in [2.75, 3.05) is 37.8 Å². The molecular weight excluding hydrogens is 436 g/mol. The zero-order valence-corrected chi connectivity index (χ0v) is 19.2. The van der Waals surface area contributed by atoms with Crippen molar-refractivity contribution in [3.05, 3.63) is 50.7 Å². The highest BCUT2D eigenvalue weighted by Crippen LogP contribution is 2.39. The van der Waals surface area contributed by atoms with Crippen molar-refractivity contribution in [2.24, 2.45) is 7.05 Å². The summed E-state index contributed by atoms with van der Waals surface area (Å²) in [7, 11) is -2.38. The van der Waals surface area contributed by atoms with E-state index in [0.717, 1.165) is 25.4 Å². The lowest BCUT2D eigenvalue weighted by Gasteiger charge is -2.21. The van der Waals surface area contributed by atoms with E-state index in [0.29, 0.717) is 24.0 Å². The van der Waals surface area contributed by atoms with E-state index < -0.39 is 26.2 Å². The van der Waals surface area contributed by atoms with E-state index in [1.807, 2.05) is 13.8 Å². The van der Waals surface area contributed by atoms with Crippen molar-refractivity contribution in [3.63, 3.8) is 0 Å². The minimum absolute atomic E-state index is 0.0126. The zero-order valence-electron chi connectivity index (χ0n) is 18.4. The van der Waals surface area contributed by atoms with E-state index in [1.165, 1.54) is 0 Å². The third kappa shape index (κ3) is 4.53. The fraction of sp³-hybridized carbons (Fsp3) is 0.381. The minimum atomic E-state index is -4.01. The Bertz CT molecular complexity index is 1350. The quantitative estimate of drug-likeness (QED) is 0.223. The number of aryl methyl sites for hydroxylation is 1. The summed E-state index contributed by atoms with van der Waals surface area (Å²) in [5.74, 6) is -0.279. The van der Waals surface area contributed by atoms with Gasteiger partial charge < -0.3 is 19.0 Å². The molecule has 0 aliphatic rings. The van der Waals surface area contributed by atoms with Crippen LogP contribution in [0.2, 0.25) is 0 Å². The van der Waals surface area contributed by atoms with Crippen LogP contribution >= 0.6 is 0 Å². The molecule has 0 spiro atoms. The SMILES string of the molecule is CCN(CC)CCNc1c(OS(C)(=O)=O)cc([N+](=O)[O-])c2c1c(=O)c1ccccc1n2C. The predicted octanol–water partition coefficient (Wildman–Crippen LogP) is 2.69. The molecule has 0 amide bonds. The number of hydrogen-bond acceptors (Lipinski definition) is 8. The second-order valence-corrected chi connectivity index (χ2v) is 8.97. The summed E-state index contributed by atoms with van der Waals surface area (Å²) < 4.78 is 30.5. The molecule has 0 bridgehead atoms. The Kier molecular flexibility index (Phi) is 6.70. The lowest BCUT2D eigenvalue weighted by molar-refractivity contribution is -0.383. The molecule has 1 heterocycles. The average molecular weight is 463 g/mol. The summed E-state index contributed by atoms with van der Waals surface area (Å²) in [5, 5.41) is 15.4. The van der Waals surface area contributed by atoms with Gasteiger partial charge >= 0.3 is 10.1 Å². The van der Waals surface area contributed by atoms with E-state index in [2.05, 4.69) is 10.2 Å². The van der Waals surface area contributed by atoms with E-state index in [1.54, 1.807) is 35.9 Å². The van der Waals surface area contributed by atoms with Crippen molar-refractivity contribution in [1.82, 2.24) is 9.47 Å². The van der Waals surface area contributed by atoms with Crippen LogP contribution in [0.25, 0.3) is 21.8 Å². The highest BCUT2D eigenvalue weighted by atomic mass is 32.2. The van der Waals surface area contributed by atoms with Gasteiger partial charge in [-0.1, -0.05) is 26.0 Å². The Morgan fingerprint density at radius 3 is 2.47 bits per heavy atom. The number of nitrogens with one attached hydrogen (secondary N) is 1. The second kappa shape index (κ2) is 9.13. The van der Waals surface area contributed by atoms with Crippen molar-refractivity contribution in [3.8, 4) is 5.75 Å². The van der Waals surface area contributed by atoms with Crippen molar-refractivity contribution in [1.29, 1.82) is 0 Å². The Balaban J connectivity index is 2.38. The summed E-state index contributed by atoms with van der Waals surface area (Å²) in [6, 6.07) is 7.83. The van der Waals surface area contributed by atoms with E-state index in [-0.39, 0.29) is 22.3 Å². The maximum absolute atomic E-state index is 13.5. The largest absolute Gasteiger partial charge is 0.380 e. The Labute approximate surface area is 185 Å². The molecule has 0 unspecified atom stereocenters. The van der Waals surface area contributed by atoms with Gasteiger partial charge in [0.2, 0.25) is 0 Å². The maximum Gasteiger partial charge on any atom is 0.306 e. The monoisotopic (exact) mass is 462 g/mol. The third-order valence-electron chi connectivity index (χ3n) is 5.38. The fourth-order valence-electron chi connectivity index (χ4n) is 3.83. The molecule has 3 rings (SSSR count). The molecule has 0 radical (unpaired) electrons. The number of anilines is 1. The number of likely N-dealkylation sites (N-methyl/N-ethyl adjacent to an activating group) is 1. The molecule has 1 aromatic heterocycles. The van der Waals surface area contributed by atoms with Gasteiger partial charge in [-0.05, 0) is 25.2 Å². The topological polar surface area (TPSA) is 124 Å². The molecule has 1 N–H and O–H groups in total. The van der Waals surface area contributed by atoms with Crippen LogP contribution in [0.3, 0.4) is 0 Å². The van der Waals surface area contributed by atoms with Gasteiger partial charge in [0.15, 0.2) is 11.2 Å². The number of benzene rings is 2. The number of aromatic nitrogens is 1. The van der Waals surface area contributed by atoms with Gasteiger partial charge in [-0.15, -0.1) is 0 Å². The Hall–Kier alpha value is -3.18. The van der Waals surface area contributed by atoms with Crippen molar-refractivity contribution >= 4 is 43.3 Å². The number of rotatable bonds is 9. The van der Waals surface area contributed by atoms with Crippen LogP contribution in [0.15, 0.2) is 35.1 Å². The molecule has 0 aliphatic heterocycles. The van der Waals surface area contributed by atoms with E-state index in [9.17, 15) is 23.3 Å². The summed E-state index contributed by atoms with van der Waals surface area (Å²) in [5.41, 5.74) is -0.127. The summed E-state index contributed by atoms with van der Waals surface area (Å²) in [6.07, 6.45) is 0.848. The minimum Gasteiger partial charge on any atom is -0.380 e. The molecule has 172 valence electrons. The van der Waals surface area contributed by atoms with Crippen LogP contribution in [-0.4, -0.2) is 55.2 Å². The first kappa shape index (κ1) is 23.5. The molecule has 0 aliphatic carbocycles. The van der Waals surface area contributed by atoms with Gasteiger partial charge in [-0.2, -0.15) is 8.42 Å². The van der Waals surface area contributed by atoms with Crippen molar-refractivity contribution in [2.45, 2.75) is 13.8 Å². The lowest BCUT2D eigenvalue weighted by atomic mass is 10.1. The molecule has 0 saturated carbocycles. The number of non-ortho nitro benzene ring substituents is 1. The molecule has 32 heavy (non-hydrogen) atoms. The number of nitro benzene ring substituents is 1. The van der Waals surface area contributed by atoms with Crippen molar-refractivity contribution < 1.29 is 17.5 Å². The number of fused-ring (bicyclic) bond motifs is 2. The molecular formula is C21H26N4O6S. The third-order valence-corrected chi connectivity index (χ3v) is 5.86. The van der Waals surface area contributed by atoms with Crippen LogP contribution in [-0.2, 0) is 17.2 Å². The number of para-hydroxylation sites is 1.